The second kappa shape index (κ2) is 10.0. The van der Waals surface area contributed by atoms with Crippen LogP contribution in [-0.2, 0) is 20.6 Å². The van der Waals surface area contributed by atoms with E-state index < -0.39 is 17.8 Å². The minimum Gasteiger partial charge on any atom is -0.368 e. The number of amides is 3. The van der Waals surface area contributed by atoms with Crippen LogP contribution in [0.4, 0.5) is 19.1 Å². The molecule has 8 nitrogen and oxygen atoms in total. The Labute approximate surface area is 200 Å². The molecule has 3 amide bonds. The first-order valence-corrected chi connectivity index (χ1v) is 11.6. The molecule has 2 fully saturated rings. The molecule has 2 aliphatic heterocycles. The summed E-state index contributed by atoms with van der Waals surface area (Å²) in [6.45, 7) is 0.662. The quantitative estimate of drug-likeness (QED) is 0.620. The molecule has 0 spiro atoms. The molecule has 1 aromatic heterocycles. The predicted octanol–water partition coefficient (Wildman–Crippen LogP) is 3.73. The van der Waals surface area contributed by atoms with Crippen LogP contribution in [0.2, 0.25) is 0 Å². The number of likely N-dealkylation sites (tertiary alicyclic amines) is 2. The summed E-state index contributed by atoms with van der Waals surface area (Å²) in [5.74, 6) is -0.637. The normalized spacial score (nSPS) is 18.9. The van der Waals surface area contributed by atoms with Gasteiger partial charge in [0.25, 0.3) is 0 Å². The summed E-state index contributed by atoms with van der Waals surface area (Å²) >= 11 is 0. The smallest absolute Gasteiger partial charge is 0.368 e. The first-order chi connectivity index (χ1) is 16.6. The van der Waals surface area contributed by atoms with Gasteiger partial charge < -0.3 is 10.6 Å². The van der Waals surface area contributed by atoms with E-state index >= 15 is 0 Å². The predicted molar refractivity (Wildman–Crippen MR) is 120 cm³/mol. The highest BCUT2D eigenvalue weighted by Gasteiger charge is 2.34. The molecule has 186 valence electrons. The minimum atomic E-state index is -4.50. The van der Waals surface area contributed by atoms with Crippen LogP contribution in [0.15, 0.2) is 30.5 Å². The van der Waals surface area contributed by atoms with E-state index in [0.29, 0.717) is 36.2 Å². The van der Waals surface area contributed by atoms with Crippen molar-refractivity contribution < 1.29 is 27.6 Å². The topological polar surface area (TPSA) is 109 Å². The van der Waals surface area contributed by atoms with E-state index in [4.69, 9.17) is 5.73 Å². The highest BCUT2D eigenvalue weighted by molar-refractivity contribution is 6.01. The SMILES string of the molecule is Nc1ncc(-c2cccc(C(F)(F)F)c2)c(C2CCCCN2C(=O)CCCN2C(=O)CCC2=O)n1. The summed E-state index contributed by atoms with van der Waals surface area (Å²) in [6.07, 6.45) is -0.0498. The van der Waals surface area contributed by atoms with Crippen molar-refractivity contribution in [2.75, 3.05) is 18.8 Å². The highest BCUT2D eigenvalue weighted by atomic mass is 19.4. The third-order valence-corrected chi connectivity index (χ3v) is 6.40. The Morgan fingerprint density at radius 3 is 2.60 bits per heavy atom. The Morgan fingerprint density at radius 1 is 1.14 bits per heavy atom. The van der Waals surface area contributed by atoms with Crippen molar-refractivity contribution in [2.24, 2.45) is 0 Å². The Bertz CT molecular complexity index is 1120. The largest absolute Gasteiger partial charge is 0.416 e. The zero-order chi connectivity index (χ0) is 25.2. The van der Waals surface area contributed by atoms with Crippen molar-refractivity contribution in [1.29, 1.82) is 0 Å². The van der Waals surface area contributed by atoms with Gasteiger partial charge in [0.1, 0.15) is 0 Å². The average Bonchev–Trinajstić information content (AvgIpc) is 3.15. The van der Waals surface area contributed by atoms with Crippen molar-refractivity contribution in [3.63, 3.8) is 0 Å². The molecule has 0 aliphatic carbocycles. The van der Waals surface area contributed by atoms with Gasteiger partial charge in [-0.15, -0.1) is 0 Å². The molecule has 11 heteroatoms. The van der Waals surface area contributed by atoms with Crippen molar-refractivity contribution in [2.45, 2.75) is 57.2 Å². The maximum Gasteiger partial charge on any atom is 0.416 e. The summed E-state index contributed by atoms with van der Waals surface area (Å²) in [4.78, 5) is 48.0. The van der Waals surface area contributed by atoms with Gasteiger partial charge in [-0.05, 0) is 43.4 Å². The number of halogens is 3. The lowest BCUT2D eigenvalue weighted by atomic mass is 9.93. The Hall–Kier alpha value is -3.50. The summed E-state index contributed by atoms with van der Waals surface area (Å²) < 4.78 is 39.9. The van der Waals surface area contributed by atoms with E-state index in [1.165, 1.54) is 17.2 Å². The number of alkyl halides is 3. The summed E-state index contributed by atoms with van der Waals surface area (Å²) in [5.41, 5.74) is 6.14. The maximum absolute atomic E-state index is 13.3. The van der Waals surface area contributed by atoms with Crippen LogP contribution in [0.1, 0.15) is 62.2 Å². The van der Waals surface area contributed by atoms with Gasteiger partial charge in [-0.25, -0.2) is 9.97 Å². The number of carbonyl (C=O) groups excluding carboxylic acids is 3. The van der Waals surface area contributed by atoms with E-state index in [1.807, 2.05) is 0 Å². The third-order valence-electron chi connectivity index (χ3n) is 6.40. The Balaban J connectivity index is 1.57. The summed E-state index contributed by atoms with van der Waals surface area (Å²) in [6, 6.07) is 4.43. The van der Waals surface area contributed by atoms with Crippen LogP contribution in [0, 0.1) is 0 Å². The van der Waals surface area contributed by atoms with Gasteiger partial charge >= 0.3 is 6.18 Å². The molecule has 2 N–H and O–H groups in total. The van der Waals surface area contributed by atoms with Crippen LogP contribution >= 0.6 is 0 Å². The van der Waals surface area contributed by atoms with Gasteiger partial charge in [0.2, 0.25) is 23.7 Å². The van der Waals surface area contributed by atoms with Crippen molar-refractivity contribution in [3.8, 4) is 11.1 Å². The fourth-order valence-corrected chi connectivity index (χ4v) is 4.67. The molecule has 2 saturated heterocycles. The van der Waals surface area contributed by atoms with Crippen LogP contribution < -0.4 is 5.73 Å². The van der Waals surface area contributed by atoms with Crippen molar-refractivity contribution in [1.82, 2.24) is 19.8 Å². The molecule has 1 aromatic carbocycles. The molecule has 2 aromatic rings. The third kappa shape index (κ3) is 5.44. The van der Waals surface area contributed by atoms with Gasteiger partial charge in [-0.1, -0.05) is 12.1 Å². The number of hydrogen-bond acceptors (Lipinski definition) is 6. The number of rotatable bonds is 6. The van der Waals surface area contributed by atoms with Gasteiger partial charge in [0, 0.05) is 44.1 Å². The molecule has 0 bridgehead atoms. The van der Waals surface area contributed by atoms with E-state index in [9.17, 15) is 27.6 Å². The fraction of sp³-hybridized carbons (Fsp3) is 0.458. The minimum absolute atomic E-state index is 0.0280. The number of anilines is 1. The molecule has 4 rings (SSSR count). The van der Waals surface area contributed by atoms with Gasteiger partial charge in [0.15, 0.2) is 0 Å². The number of benzene rings is 1. The molecule has 0 saturated carbocycles. The second-order valence-corrected chi connectivity index (χ2v) is 8.75. The van der Waals surface area contributed by atoms with Gasteiger partial charge in [-0.2, -0.15) is 13.2 Å². The number of imide groups is 1. The number of nitrogen functional groups attached to an aromatic ring is 1. The second-order valence-electron chi connectivity index (χ2n) is 8.75. The standard InChI is InChI=1S/C24H26F3N5O3/c25-24(26,27)16-6-3-5-15(13-16)17-14-29-23(28)30-22(17)18-7-1-2-11-31(18)19(33)8-4-12-32-20(34)9-10-21(32)35/h3,5-6,13-14,18H,1-2,4,7-12H2,(H2,28,29,30). The zero-order valence-electron chi connectivity index (χ0n) is 19.1. The molecule has 1 unspecified atom stereocenters. The van der Waals surface area contributed by atoms with Crippen LogP contribution in [-0.4, -0.2) is 50.6 Å². The molecular weight excluding hydrogens is 463 g/mol. The van der Waals surface area contributed by atoms with Crippen LogP contribution in [0.25, 0.3) is 11.1 Å². The van der Waals surface area contributed by atoms with E-state index in [-0.39, 0.29) is 49.5 Å². The van der Waals surface area contributed by atoms with Crippen LogP contribution in [0.3, 0.4) is 0 Å². The number of hydrogen-bond donors (Lipinski definition) is 1. The number of nitrogens with two attached hydrogens (primary N) is 1. The Kier molecular flexibility index (Phi) is 7.04. The molecule has 2 aliphatic rings. The van der Waals surface area contributed by atoms with Gasteiger partial charge in [0.05, 0.1) is 17.3 Å². The zero-order valence-corrected chi connectivity index (χ0v) is 19.1. The maximum atomic E-state index is 13.3. The van der Waals surface area contributed by atoms with Crippen molar-refractivity contribution >= 4 is 23.7 Å². The molecular formula is C24H26F3N5O3. The number of nitrogens with zero attached hydrogens (tertiary/aromatic N) is 4. The van der Waals surface area contributed by atoms with Gasteiger partial charge in [-0.3, -0.25) is 19.3 Å². The highest BCUT2D eigenvalue weighted by Crippen LogP contribution is 2.38. The van der Waals surface area contributed by atoms with E-state index in [1.54, 1.807) is 11.0 Å². The lowest BCUT2D eigenvalue weighted by Gasteiger charge is -2.36. The van der Waals surface area contributed by atoms with Crippen LogP contribution in [0.5, 0.6) is 0 Å². The fourth-order valence-electron chi connectivity index (χ4n) is 4.67. The lowest BCUT2D eigenvalue weighted by molar-refractivity contribution is -0.140. The molecule has 35 heavy (non-hydrogen) atoms. The van der Waals surface area contributed by atoms with E-state index in [0.717, 1.165) is 25.0 Å². The average molecular weight is 489 g/mol. The monoisotopic (exact) mass is 489 g/mol. The molecule has 0 radical (unpaired) electrons. The summed E-state index contributed by atoms with van der Waals surface area (Å²) in [5, 5.41) is 0. The summed E-state index contributed by atoms with van der Waals surface area (Å²) in [7, 11) is 0. The number of carbonyl (C=O) groups is 3. The lowest BCUT2D eigenvalue weighted by Crippen LogP contribution is -2.39. The Morgan fingerprint density at radius 2 is 1.89 bits per heavy atom. The van der Waals surface area contributed by atoms with Crippen molar-refractivity contribution in [3.05, 3.63) is 41.7 Å². The first kappa shape index (κ1) is 24.6. The number of piperidine rings is 1. The first-order valence-electron chi connectivity index (χ1n) is 11.6. The number of aromatic nitrogens is 2. The molecule has 3 heterocycles. The molecule has 1 atom stereocenters. The van der Waals surface area contributed by atoms with E-state index in [2.05, 4.69) is 9.97 Å².